The summed E-state index contributed by atoms with van der Waals surface area (Å²) in [6, 6.07) is 0. The maximum atomic E-state index is 5.28. The van der Waals surface area contributed by atoms with Crippen molar-refractivity contribution in [2.45, 2.75) is 25.4 Å². The maximum Gasteiger partial charge on any atom is 0.0778 e. The molecule has 1 unspecified atom stereocenters. The minimum Gasteiger partial charge on any atom is -0.391 e. The summed E-state index contributed by atoms with van der Waals surface area (Å²) in [5.41, 5.74) is 2.70. The molecular formula is C11H18N2O. The Kier molecular flexibility index (Phi) is 3.09. The lowest BCUT2D eigenvalue weighted by Gasteiger charge is -2.25. The van der Waals surface area contributed by atoms with E-state index in [1.165, 1.54) is 24.1 Å². The highest BCUT2D eigenvalue weighted by Crippen LogP contribution is 2.19. The zero-order valence-corrected chi connectivity index (χ0v) is 8.68. The standard InChI is InChI=1S/C11H18N2O/c1-14-10-4-5-11(13-8-10)9-3-2-6-12-7-9/h5,7,10,12-13H,2-4,6,8H2,1H3. The van der Waals surface area contributed by atoms with Crippen molar-refractivity contribution in [3.63, 3.8) is 0 Å². The average molecular weight is 194 g/mol. The van der Waals surface area contributed by atoms with E-state index in [4.69, 9.17) is 4.74 Å². The topological polar surface area (TPSA) is 33.3 Å². The van der Waals surface area contributed by atoms with Gasteiger partial charge in [-0.2, -0.15) is 0 Å². The summed E-state index contributed by atoms with van der Waals surface area (Å²) in [5, 5.41) is 6.70. The first-order valence-electron chi connectivity index (χ1n) is 5.30. The van der Waals surface area contributed by atoms with Crippen molar-refractivity contribution in [3.05, 3.63) is 23.5 Å². The highest BCUT2D eigenvalue weighted by molar-refractivity contribution is 5.31. The van der Waals surface area contributed by atoms with Gasteiger partial charge in [0.25, 0.3) is 0 Å². The van der Waals surface area contributed by atoms with Gasteiger partial charge in [-0.15, -0.1) is 0 Å². The Balaban J connectivity index is 1.98. The van der Waals surface area contributed by atoms with E-state index in [9.17, 15) is 0 Å². The molecule has 1 atom stereocenters. The van der Waals surface area contributed by atoms with Gasteiger partial charge in [-0.3, -0.25) is 0 Å². The monoisotopic (exact) mass is 194 g/mol. The van der Waals surface area contributed by atoms with Gasteiger partial charge >= 0.3 is 0 Å². The lowest BCUT2D eigenvalue weighted by molar-refractivity contribution is 0.102. The van der Waals surface area contributed by atoms with E-state index in [1.807, 2.05) is 0 Å². The van der Waals surface area contributed by atoms with Crippen molar-refractivity contribution in [2.75, 3.05) is 20.2 Å². The zero-order chi connectivity index (χ0) is 9.80. The predicted octanol–water partition coefficient (Wildman–Crippen LogP) is 1.15. The molecule has 2 heterocycles. The van der Waals surface area contributed by atoms with E-state index in [0.717, 1.165) is 19.5 Å². The first-order valence-corrected chi connectivity index (χ1v) is 5.30. The number of nitrogens with one attached hydrogen (secondary N) is 2. The van der Waals surface area contributed by atoms with E-state index in [1.54, 1.807) is 7.11 Å². The van der Waals surface area contributed by atoms with Crippen LogP contribution in [0.25, 0.3) is 0 Å². The SMILES string of the molecule is COC1CC=C(C2=CNCCC2)NC1. The average Bonchev–Trinajstić information content (AvgIpc) is 2.30. The molecule has 2 N–H and O–H groups in total. The van der Waals surface area contributed by atoms with Gasteiger partial charge in [-0.25, -0.2) is 0 Å². The number of ether oxygens (including phenoxy) is 1. The summed E-state index contributed by atoms with van der Waals surface area (Å²) in [5.74, 6) is 0. The van der Waals surface area contributed by atoms with Gasteiger partial charge in [0, 0.05) is 32.1 Å². The van der Waals surface area contributed by atoms with Crippen LogP contribution < -0.4 is 10.6 Å². The molecule has 0 aromatic carbocycles. The molecule has 14 heavy (non-hydrogen) atoms. The fraction of sp³-hybridized carbons (Fsp3) is 0.636. The van der Waals surface area contributed by atoms with Crippen LogP contribution in [0.5, 0.6) is 0 Å². The number of rotatable bonds is 2. The molecule has 3 nitrogen and oxygen atoms in total. The normalized spacial score (nSPS) is 27.1. The summed E-state index contributed by atoms with van der Waals surface area (Å²) in [4.78, 5) is 0. The molecule has 0 saturated heterocycles. The minimum absolute atomic E-state index is 0.343. The summed E-state index contributed by atoms with van der Waals surface area (Å²) in [6.45, 7) is 2.04. The van der Waals surface area contributed by atoms with Crippen molar-refractivity contribution in [2.24, 2.45) is 0 Å². The number of hydrogen-bond donors (Lipinski definition) is 2. The second-order valence-electron chi connectivity index (χ2n) is 3.82. The highest BCUT2D eigenvalue weighted by atomic mass is 16.5. The van der Waals surface area contributed by atoms with E-state index >= 15 is 0 Å². The Morgan fingerprint density at radius 1 is 1.50 bits per heavy atom. The number of allylic oxidation sites excluding steroid dienone is 1. The second kappa shape index (κ2) is 4.51. The molecule has 0 radical (unpaired) electrons. The molecule has 0 spiro atoms. The van der Waals surface area contributed by atoms with Crippen molar-refractivity contribution in [1.82, 2.24) is 10.6 Å². The highest BCUT2D eigenvalue weighted by Gasteiger charge is 2.15. The largest absolute Gasteiger partial charge is 0.391 e. The van der Waals surface area contributed by atoms with Crippen LogP contribution in [0.3, 0.4) is 0 Å². The summed E-state index contributed by atoms with van der Waals surface area (Å²) < 4.78 is 5.28. The lowest BCUT2D eigenvalue weighted by Crippen LogP contribution is -2.33. The Hall–Kier alpha value is -0.960. The van der Waals surface area contributed by atoms with Crippen LogP contribution in [0.2, 0.25) is 0 Å². The summed E-state index contributed by atoms with van der Waals surface area (Å²) >= 11 is 0. The van der Waals surface area contributed by atoms with Crippen LogP contribution in [0.4, 0.5) is 0 Å². The number of hydrogen-bond acceptors (Lipinski definition) is 3. The summed E-state index contributed by atoms with van der Waals surface area (Å²) in [6.07, 6.45) is 8.17. The van der Waals surface area contributed by atoms with E-state index in [0.29, 0.717) is 6.10 Å². The Morgan fingerprint density at radius 3 is 3.00 bits per heavy atom. The van der Waals surface area contributed by atoms with E-state index in [2.05, 4.69) is 22.9 Å². The van der Waals surface area contributed by atoms with Crippen molar-refractivity contribution >= 4 is 0 Å². The maximum absolute atomic E-state index is 5.28. The molecule has 2 aliphatic heterocycles. The van der Waals surface area contributed by atoms with Crippen molar-refractivity contribution < 1.29 is 4.74 Å². The molecule has 0 aromatic heterocycles. The molecule has 0 amide bonds. The molecule has 0 aliphatic carbocycles. The van der Waals surface area contributed by atoms with Gasteiger partial charge in [0.2, 0.25) is 0 Å². The molecular weight excluding hydrogens is 176 g/mol. The van der Waals surface area contributed by atoms with Gasteiger partial charge in [0.1, 0.15) is 0 Å². The zero-order valence-electron chi connectivity index (χ0n) is 8.68. The van der Waals surface area contributed by atoms with Crippen LogP contribution in [-0.4, -0.2) is 26.3 Å². The predicted molar refractivity (Wildman–Crippen MR) is 56.8 cm³/mol. The molecule has 3 heteroatoms. The molecule has 2 rings (SSSR count). The first-order chi connectivity index (χ1) is 6.90. The van der Waals surface area contributed by atoms with Crippen LogP contribution in [0, 0.1) is 0 Å². The third kappa shape index (κ3) is 2.10. The molecule has 0 aromatic rings. The molecule has 0 saturated carbocycles. The fourth-order valence-corrected chi connectivity index (χ4v) is 1.91. The third-order valence-electron chi connectivity index (χ3n) is 2.83. The van der Waals surface area contributed by atoms with Gasteiger partial charge < -0.3 is 15.4 Å². The van der Waals surface area contributed by atoms with Gasteiger partial charge in [-0.1, -0.05) is 6.08 Å². The Labute approximate surface area is 85.2 Å². The second-order valence-corrected chi connectivity index (χ2v) is 3.82. The van der Waals surface area contributed by atoms with E-state index < -0.39 is 0 Å². The summed E-state index contributed by atoms with van der Waals surface area (Å²) in [7, 11) is 1.77. The Bertz CT molecular complexity index is 258. The molecule has 0 bridgehead atoms. The Morgan fingerprint density at radius 2 is 2.43 bits per heavy atom. The van der Waals surface area contributed by atoms with Gasteiger partial charge in [0.05, 0.1) is 6.10 Å². The van der Waals surface area contributed by atoms with Crippen LogP contribution >= 0.6 is 0 Å². The molecule has 78 valence electrons. The third-order valence-corrected chi connectivity index (χ3v) is 2.83. The van der Waals surface area contributed by atoms with Crippen LogP contribution in [-0.2, 0) is 4.74 Å². The van der Waals surface area contributed by atoms with Gasteiger partial charge in [0.15, 0.2) is 0 Å². The van der Waals surface area contributed by atoms with Crippen molar-refractivity contribution in [3.8, 4) is 0 Å². The minimum atomic E-state index is 0.343. The fourth-order valence-electron chi connectivity index (χ4n) is 1.91. The van der Waals surface area contributed by atoms with Crippen LogP contribution in [0.1, 0.15) is 19.3 Å². The molecule has 2 aliphatic rings. The first kappa shape index (κ1) is 9.59. The lowest BCUT2D eigenvalue weighted by atomic mass is 10.0. The number of methoxy groups -OCH3 is 1. The molecule has 0 fully saturated rings. The quantitative estimate of drug-likeness (QED) is 0.691. The smallest absolute Gasteiger partial charge is 0.0778 e. The van der Waals surface area contributed by atoms with Gasteiger partial charge in [-0.05, 0) is 24.8 Å². The van der Waals surface area contributed by atoms with Crippen LogP contribution in [0.15, 0.2) is 23.5 Å². The van der Waals surface area contributed by atoms with Crippen molar-refractivity contribution in [1.29, 1.82) is 0 Å². The van der Waals surface area contributed by atoms with E-state index in [-0.39, 0.29) is 0 Å².